The van der Waals surface area contributed by atoms with E-state index in [2.05, 4.69) is 25.3 Å². The number of rotatable bonds is 6. The average molecular weight is 369 g/mol. The summed E-state index contributed by atoms with van der Waals surface area (Å²) in [7, 11) is 0. The molecular formula is C20H27N5O2. The van der Waals surface area contributed by atoms with Crippen molar-refractivity contribution in [1.82, 2.24) is 25.3 Å². The summed E-state index contributed by atoms with van der Waals surface area (Å²) in [5.74, 6) is 1.64. The Kier molecular flexibility index (Phi) is 5.77. The van der Waals surface area contributed by atoms with E-state index in [1.165, 1.54) is 19.3 Å². The molecule has 2 aliphatic rings. The maximum absolute atomic E-state index is 12.9. The van der Waals surface area contributed by atoms with Gasteiger partial charge in [-0.3, -0.25) is 14.7 Å². The highest BCUT2D eigenvalue weighted by Gasteiger charge is 2.30. The topological polar surface area (TPSA) is 84.2 Å². The van der Waals surface area contributed by atoms with Crippen LogP contribution in [-0.2, 0) is 11.3 Å². The maximum Gasteiger partial charge on any atom is 0.246 e. The van der Waals surface area contributed by atoms with Gasteiger partial charge in [-0.1, -0.05) is 30.5 Å². The summed E-state index contributed by atoms with van der Waals surface area (Å²) in [5, 5.41) is 7.13. The minimum absolute atomic E-state index is 0.0395. The molecule has 144 valence electrons. The van der Waals surface area contributed by atoms with Crippen LogP contribution in [0.3, 0.4) is 0 Å². The van der Waals surface area contributed by atoms with E-state index in [1.54, 1.807) is 12.4 Å². The van der Waals surface area contributed by atoms with Crippen LogP contribution < -0.4 is 5.32 Å². The molecule has 7 nitrogen and oxygen atoms in total. The summed E-state index contributed by atoms with van der Waals surface area (Å²) in [6.07, 6.45) is 11.8. The number of carbonyl (C=O) groups is 1. The van der Waals surface area contributed by atoms with Crippen LogP contribution in [0.15, 0.2) is 29.0 Å². The van der Waals surface area contributed by atoms with Gasteiger partial charge in [0.2, 0.25) is 11.8 Å². The van der Waals surface area contributed by atoms with Crippen LogP contribution in [0, 0.1) is 0 Å². The first kappa shape index (κ1) is 18.1. The van der Waals surface area contributed by atoms with Crippen LogP contribution in [0.2, 0.25) is 0 Å². The molecule has 0 radical (unpaired) electrons. The highest BCUT2D eigenvalue weighted by molar-refractivity contribution is 5.83. The molecule has 1 saturated carbocycles. The molecule has 4 rings (SSSR count). The Morgan fingerprint density at radius 3 is 2.78 bits per heavy atom. The van der Waals surface area contributed by atoms with Crippen molar-refractivity contribution in [2.24, 2.45) is 0 Å². The van der Waals surface area contributed by atoms with Gasteiger partial charge in [-0.2, -0.15) is 4.98 Å². The molecule has 1 aliphatic heterocycles. The lowest BCUT2D eigenvalue weighted by Gasteiger charge is -2.26. The molecule has 1 amide bonds. The molecule has 2 aromatic rings. The number of pyridine rings is 1. The Morgan fingerprint density at radius 2 is 2.04 bits per heavy atom. The van der Waals surface area contributed by atoms with Gasteiger partial charge in [-0.05, 0) is 50.4 Å². The van der Waals surface area contributed by atoms with Gasteiger partial charge in [0.25, 0.3) is 0 Å². The second kappa shape index (κ2) is 8.61. The van der Waals surface area contributed by atoms with Crippen molar-refractivity contribution in [3.8, 4) is 0 Å². The van der Waals surface area contributed by atoms with Gasteiger partial charge in [0.15, 0.2) is 5.82 Å². The highest BCUT2D eigenvalue weighted by atomic mass is 16.5. The van der Waals surface area contributed by atoms with Crippen molar-refractivity contribution >= 4 is 5.91 Å². The fraction of sp³-hybridized carbons (Fsp3) is 0.600. The van der Waals surface area contributed by atoms with Crippen molar-refractivity contribution < 1.29 is 9.32 Å². The monoisotopic (exact) mass is 369 g/mol. The number of aromatic nitrogens is 3. The molecule has 1 atom stereocenters. The van der Waals surface area contributed by atoms with Gasteiger partial charge in [-0.15, -0.1) is 0 Å². The van der Waals surface area contributed by atoms with Crippen LogP contribution in [0.4, 0.5) is 0 Å². The Bertz CT molecular complexity index is 736. The number of hydrogen-bond acceptors (Lipinski definition) is 6. The largest absolute Gasteiger partial charge is 0.345 e. The Hall–Kier alpha value is -2.28. The lowest BCUT2D eigenvalue weighted by molar-refractivity contribution is -0.126. The van der Waals surface area contributed by atoms with Crippen LogP contribution in [0.25, 0.3) is 0 Å². The first-order valence-electron chi connectivity index (χ1n) is 10.1. The van der Waals surface area contributed by atoms with Crippen molar-refractivity contribution in [3.63, 3.8) is 0 Å². The van der Waals surface area contributed by atoms with E-state index < -0.39 is 0 Å². The van der Waals surface area contributed by atoms with Gasteiger partial charge in [0, 0.05) is 18.3 Å². The van der Waals surface area contributed by atoms with Crippen molar-refractivity contribution in [2.75, 3.05) is 13.1 Å². The summed E-state index contributed by atoms with van der Waals surface area (Å²) >= 11 is 0. The van der Waals surface area contributed by atoms with Gasteiger partial charge in [0.05, 0.1) is 6.54 Å². The Balaban J connectivity index is 1.40. The summed E-state index contributed by atoms with van der Waals surface area (Å²) in [6.45, 7) is 2.13. The quantitative estimate of drug-likeness (QED) is 0.843. The standard InChI is InChI=1S/C20H27N5O2/c26-20(18(25-11-4-5-12-25)16-9-6-10-21-13-16)22-14-17-23-19(24-27-17)15-7-2-1-3-8-15/h6,9-10,13,15,18H,1-5,7-8,11-12,14H2,(H,22,26)/t18-/m1/s1. The zero-order valence-corrected chi connectivity index (χ0v) is 15.6. The summed E-state index contributed by atoms with van der Waals surface area (Å²) in [5.41, 5.74) is 0.922. The molecule has 7 heteroatoms. The normalized spacial score (nSPS) is 19.9. The fourth-order valence-electron chi connectivity index (χ4n) is 4.19. The van der Waals surface area contributed by atoms with Gasteiger partial charge >= 0.3 is 0 Å². The Morgan fingerprint density at radius 1 is 1.22 bits per heavy atom. The van der Waals surface area contributed by atoms with E-state index >= 15 is 0 Å². The predicted octanol–water partition coefficient (Wildman–Crippen LogP) is 2.97. The molecule has 0 bridgehead atoms. The molecule has 2 fully saturated rings. The van der Waals surface area contributed by atoms with Crippen LogP contribution in [0.1, 0.15) is 74.2 Å². The lowest BCUT2D eigenvalue weighted by atomic mass is 9.89. The number of amides is 1. The van der Waals surface area contributed by atoms with E-state index in [9.17, 15) is 4.79 Å². The second-order valence-electron chi connectivity index (χ2n) is 7.53. The molecule has 1 N–H and O–H groups in total. The maximum atomic E-state index is 12.9. The predicted molar refractivity (Wildman–Crippen MR) is 99.8 cm³/mol. The van der Waals surface area contributed by atoms with Crippen molar-refractivity contribution in [2.45, 2.75) is 63.5 Å². The Labute approximate surface area is 159 Å². The zero-order chi connectivity index (χ0) is 18.5. The fourth-order valence-corrected chi connectivity index (χ4v) is 4.19. The van der Waals surface area contributed by atoms with E-state index in [0.717, 1.165) is 50.2 Å². The van der Waals surface area contributed by atoms with Gasteiger partial charge < -0.3 is 9.84 Å². The number of likely N-dealkylation sites (tertiary alicyclic amines) is 1. The molecule has 3 heterocycles. The first-order valence-corrected chi connectivity index (χ1v) is 10.1. The van der Waals surface area contributed by atoms with Gasteiger partial charge in [0.1, 0.15) is 6.04 Å². The second-order valence-corrected chi connectivity index (χ2v) is 7.53. The molecule has 0 unspecified atom stereocenters. The molecule has 27 heavy (non-hydrogen) atoms. The molecule has 2 aromatic heterocycles. The number of hydrogen-bond donors (Lipinski definition) is 1. The van der Waals surface area contributed by atoms with Crippen LogP contribution in [-0.4, -0.2) is 39.0 Å². The smallest absolute Gasteiger partial charge is 0.246 e. The molecule has 1 aliphatic carbocycles. The third-order valence-corrected chi connectivity index (χ3v) is 5.62. The van der Waals surface area contributed by atoms with Gasteiger partial charge in [-0.25, -0.2) is 0 Å². The van der Waals surface area contributed by atoms with Crippen LogP contribution >= 0.6 is 0 Å². The van der Waals surface area contributed by atoms with E-state index in [4.69, 9.17) is 4.52 Å². The van der Waals surface area contributed by atoms with E-state index in [1.807, 2.05) is 12.1 Å². The van der Waals surface area contributed by atoms with Crippen molar-refractivity contribution in [1.29, 1.82) is 0 Å². The first-order chi connectivity index (χ1) is 13.3. The molecular weight excluding hydrogens is 342 g/mol. The minimum Gasteiger partial charge on any atom is -0.345 e. The van der Waals surface area contributed by atoms with E-state index in [-0.39, 0.29) is 18.5 Å². The number of nitrogens with one attached hydrogen (secondary N) is 1. The van der Waals surface area contributed by atoms with E-state index in [0.29, 0.717) is 11.8 Å². The molecule has 0 spiro atoms. The zero-order valence-electron chi connectivity index (χ0n) is 15.6. The summed E-state index contributed by atoms with van der Waals surface area (Å²) in [4.78, 5) is 23.9. The number of nitrogens with zero attached hydrogens (tertiary/aromatic N) is 4. The summed E-state index contributed by atoms with van der Waals surface area (Å²) < 4.78 is 5.38. The third kappa shape index (κ3) is 4.35. The summed E-state index contributed by atoms with van der Waals surface area (Å²) in [6, 6.07) is 3.52. The average Bonchev–Trinajstić information content (AvgIpc) is 3.41. The van der Waals surface area contributed by atoms with Crippen LogP contribution in [0.5, 0.6) is 0 Å². The molecule has 0 aromatic carbocycles. The van der Waals surface area contributed by atoms with Crippen molar-refractivity contribution in [3.05, 3.63) is 41.8 Å². The SMILES string of the molecule is O=C(NCc1nc(C2CCCCC2)no1)[C@@H](c1cccnc1)N1CCCC1. The third-order valence-electron chi connectivity index (χ3n) is 5.62. The number of carbonyl (C=O) groups excluding carboxylic acids is 1. The lowest BCUT2D eigenvalue weighted by Crippen LogP contribution is -2.39. The minimum atomic E-state index is -0.318. The highest BCUT2D eigenvalue weighted by Crippen LogP contribution is 2.30. The molecule has 1 saturated heterocycles.